The molecule has 3 heterocycles. The fourth-order valence-corrected chi connectivity index (χ4v) is 2.92. The summed E-state index contributed by atoms with van der Waals surface area (Å²) in [5.74, 6) is 1.63. The molecular weight excluding hydrogens is 366 g/mol. The first-order valence-electron chi connectivity index (χ1n) is 9.25. The van der Waals surface area contributed by atoms with E-state index >= 15 is 0 Å². The normalized spacial score (nSPS) is 10.7. The van der Waals surface area contributed by atoms with Gasteiger partial charge in [-0.05, 0) is 36.8 Å². The van der Waals surface area contributed by atoms with Crippen LogP contribution in [-0.2, 0) is 13.1 Å². The second kappa shape index (κ2) is 8.39. The van der Waals surface area contributed by atoms with Crippen LogP contribution in [0.3, 0.4) is 0 Å². The van der Waals surface area contributed by atoms with E-state index in [9.17, 15) is 4.79 Å². The molecule has 0 unspecified atom stereocenters. The van der Waals surface area contributed by atoms with E-state index in [1.54, 1.807) is 23.3 Å². The minimum atomic E-state index is -0.241. The molecule has 0 saturated carbocycles. The molecule has 4 aromatic rings. The van der Waals surface area contributed by atoms with E-state index in [1.165, 1.54) is 0 Å². The van der Waals surface area contributed by atoms with E-state index in [-0.39, 0.29) is 6.03 Å². The molecule has 146 valence electrons. The summed E-state index contributed by atoms with van der Waals surface area (Å²) in [6.45, 7) is 2.72. The van der Waals surface area contributed by atoms with Gasteiger partial charge in [-0.2, -0.15) is 5.10 Å². The minimum Gasteiger partial charge on any atom is -0.334 e. The Bertz CT molecular complexity index is 1100. The molecule has 1 aromatic carbocycles. The van der Waals surface area contributed by atoms with E-state index in [4.69, 9.17) is 0 Å². The van der Waals surface area contributed by atoms with Gasteiger partial charge in [0.05, 0.1) is 11.9 Å². The summed E-state index contributed by atoms with van der Waals surface area (Å²) in [5.41, 5.74) is 2.85. The van der Waals surface area contributed by atoms with E-state index in [0.717, 1.165) is 28.5 Å². The van der Waals surface area contributed by atoms with Gasteiger partial charge >= 0.3 is 6.03 Å². The van der Waals surface area contributed by atoms with Crippen molar-refractivity contribution >= 4 is 6.03 Å². The summed E-state index contributed by atoms with van der Waals surface area (Å²) in [6.07, 6.45) is 8.96. The fraction of sp³-hybridized carbons (Fsp3) is 0.143. The first-order chi connectivity index (χ1) is 14.2. The predicted molar refractivity (Wildman–Crippen MR) is 109 cm³/mol. The summed E-state index contributed by atoms with van der Waals surface area (Å²) in [7, 11) is 0. The van der Waals surface area contributed by atoms with E-state index in [2.05, 4.69) is 25.7 Å². The number of nitrogens with one attached hydrogen (secondary N) is 2. The zero-order valence-electron chi connectivity index (χ0n) is 16.0. The van der Waals surface area contributed by atoms with Crippen LogP contribution in [0.15, 0.2) is 73.4 Å². The summed E-state index contributed by atoms with van der Waals surface area (Å²) in [5, 5.41) is 10.0. The van der Waals surface area contributed by atoms with Gasteiger partial charge < -0.3 is 10.6 Å². The van der Waals surface area contributed by atoms with Crippen LogP contribution in [-0.4, -0.2) is 30.3 Å². The number of pyridine rings is 1. The van der Waals surface area contributed by atoms with Crippen molar-refractivity contribution in [2.75, 3.05) is 0 Å². The van der Waals surface area contributed by atoms with Crippen molar-refractivity contribution in [3.63, 3.8) is 0 Å². The molecular formula is C21H21N7O. The van der Waals surface area contributed by atoms with Crippen molar-refractivity contribution in [1.82, 2.24) is 34.9 Å². The maximum Gasteiger partial charge on any atom is 0.315 e. The Kier molecular flexibility index (Phi) is 5.33. The van der Waals surface area contributed by atoms with E-state index < -0.39 is 0 Å². The Hall–Kier alpha value is -3.94. The van der Waals surface area contributed by atoms with Crippen LogP contribution < -0.4 is 10.6 Å². The Balaban J connectivity index is 1.30. The average Bonchev–Trinajstić information content (AvgIpc) is 3.41. The van der Waals surface area contributed by atoms with E-state index in [0.29, 0.717) is 13.1 Å². The number of rotatable bonds is 6. The van der Waals surface area contributed by atoms with Gasteiger partial charge in [-0.25, -0.2) is 19.4 Å². The Morgan fingerprint density at radius 3 is 2.55 bits per heavy atom. The molecule has 29 heavy (non-hydrogen) atoms. The lowest BCUT2D eigenvalue weighted by molar-refractivity contribution is 0.240. The van der Waals surface area contributed by atoms with E-state index in [1.807, 2.05) is 66.3 Å². The number of nitrogens with zero attached hydrogens (tertiary/aromatic N) is 5. The van der Waals surface area contributed by atoms with Gasteiger partial charge in [0.1, 0.15) is 11.6 Å². The molecule has 0 fully saturated rings. The van der Waals surface area contributed by atoms with Crippen LogP contribution in [0.1, 0.15) is 17.0 Å². The molecule has 8 nitrogen and oxygen atoms in total. The standard InChI is InChI=1S/C21H21N7O/c1-16-22-9-10-27(16)20-11-17(7-8-23-20)12-24-21(29)25-13-18-14-26-28(15-18)19-5-3-2-4-6-19/h2-11,14-15H,12-13H2,1H3,(H2,24,25,29). The maximum absolute atomic E-state index is 12.2. The number of hydrogen-bond donors (Lipinski definition) is 2. The molecule has 3 aromatic heterocycles. The molecule has 0 atom stereocenters. The van der Waals surface area contributed by atoms with Gasteiger partial charge in [-0.3, -0.25) is 4.57 Å². The molecule has 0 spiro atoms. The second-order valence-electron chi connectivity index (χ2n) is 6.53. The maximum atomic E-state index is 12.2. The van der Waals surface area contributed by atoms with Crippen LogP contribution in [0, 0.1) is 6.92 Å². The van der Waals surface area contributed by atoms with Crippen LogP contribution in [0.5, 0.6) is 0 Å². The minimum absolute atomic E-state index is 0.241. The van der Waals surface area contributed by atoms with Gasteiger partial charge in [0.25, 0.3) is 0 Å². The molecule has 0 radical (unpaired) electrons. The number of aromatic nitrogens is 5. The molecule has 0 aliphatic rings. The second-order valence-corrected chi connectivity index (χ2v) is 6.53. The highest BCUT2D eigenvalue weighted by Gasteiger charge is 2.06. The average molecular weight is 387 g/mol. The SMILES string of the molecule is Cc1nccn1-c1cc(CNC(=O)NCc2cnn(-c3ccccc3)c2)ccn1. The lowest BCUT2D eigenvalue weighted by atomic mass is 10.2. The number of imidazole rings is 1. The monoisotopic (exact) mass is 387 g/mol. The van der Waals surface area contributed by atoms with Crippen LogP contribution >= 0.6 is 0 Å². The van der Waals surface area contributed by atoms with Crippen LogP contribution in [0.25, 0.3) is 11.5 Å². The predicted octanol–water partition coefficient (Wildman–Crippen LogP) is 2.76. The van der Waals surface area contributed by atoms with Crippen molar-refractivity contribution in [3.8, 4) is 11.5 Å². The number of benzene rings is 1. The summed E-state index contributed by atoms with van der Waals surface area (Å²) in [4.78, 5) is 20.7. The molecule has 2 N–H and O–H groups in total. The van der Waals surface area contributed by atoms with Crippen molar-refractivity contribution in [2.45, 2.75) is 20.0 Å². The summed E-state index contributed by atoms with van der Waals surface area (Å²) in [6, 6.07) is 13.4. The topological polar surface area (TPSA) is 89.7 Å². The number of urea groups is 1. The Labute approximate surface area is 168 Å². The number of aryl methyl sites for hydroxylation is 1. The lowest BCUT2D eigenvalue weighted by Gasteiger charge is -2.09. The van der Waals surface area contributed by atoms with Crippen molar-refractivity contribution in [1.29, 1.82) is 0 Å². The molecule has 0 aliphatic heterocycles. The molecule has 8 heteroatoms. The number of para-hydroxylation sites is 1. The molecule has 4 rings (SSSR count). The van der Waals surface area contributed by atoms with Crippen molar-refractivity contribution in [3.05, 3.63) is 90.4 Å². The summed E-state index contributed by atoms with van der Waals surface area (Å²) >= 11 is 0. The molecule has 0 bridgehead atoms. The Morgan fingerprint density at radius 2 is 1.79 bits per heavy atom. The van der Waals surface area contributed by atoms with Crippen LogP contribution in [0.2, 0.25) is 0 Å². The molecule has 2 amide bonds. The largest absolute Gasteiger partial charge is 0.334 e. The van der Waals surface area contributed by atoms with Crippen molar-refractivity contribution in [2.24, 2.45) is 0 Å². The molecule has 0 saturated heterocycles. The quantitative estimate of drug-likeness (QED) is 0.532. The van der Waals surface area contributed by atoms with Gasteiger partial charge in [-0.15, -0.1) is 0 Å². The number of carbonyl (C=O) groups is 1. The van der Waals surface area contributed by atoms with Gasteiger partial charge in [0.15, 0.2) is 0 Å². The third-order valence-corrected chi connectivity index (χ3v) is 4.45. The fourth-order valence-electron chi connectivity index (χ4n) is 2.92. The highest BCUT2D eigenvalue weighted by molar-refractivity contribution is 5.73. The van der Waals surface area contributed by atoms with Gasteiger partial charge in [0.2, 0.25) is 0 Å². The first kappa shape index (κ1) is 18.4. The zero-order valence-corrected chi connectivity index (χ0v) is 16.0. The first-order valence-corrected chi connectivity index (χ1v) is 9.25. The third kappa shape index (κ3) is 4.49. The number of hydrogen-bond acceptors (Lipinski definition) is 4. The molecule has 0 aliphatic carbocycles. The highest BCUT2D eigenvalue weighted by atomic mass is 16.2. The van der Waals surface area contributed by atoms with Gasteiger partial charge in [0, 0.05) is 43.4 Å². The zero-order chi connectivity index (χ0) is 20.1. The third-order valence-electron chi connectivity index (χ3n) is 4.45. The highest BCUT2D eigenvalue weighted by Crippen LogP contribution is 2.10. The lowest BCUT2D eigenvalue weighted by Crippen LogP contribution is -2.34. The van der Waals surface area contributed by atoms with Crippen LogP contribution in [0.4, 0.5) is 4.79 Å². The number of amides is 2. The smallest absolute Gasteiger partial charge is 0.315 e. The summed E-state index contributed by atoms with van der Waals surface area (Å²) < 4.78 is 3.68. The number of carbonyl (C=O) groups excluding carboxylic acids is 1. The Morgan fingerprint density at radius 1 is 1.00 bits per heavy atom. The van der Waals surface area contributed by atoms with Crippen molar-refractivity contribution < 1.29 is 4.79 Å². The van der Waals surface area contributed by atoms with Gasteiger partial charge in [-0.1, -0.05) is 18.2 Å².